The molecule has 0 spiro atoms. The number of anilines is 3. The molecular weight excluding hydrogens is 457 g/mol. The Bertz CT molecular complexity index is 1500. The van der Waals surface area contributed by atoms with Crippen molar-refractivity contribution < 1.29 is 12.8 Å². The highest BCUT2D eigenvalue weighted by Crippen LogP contribution is 2.27. The Morgan fingerprint density at radius 2 is 1.82 bits per heavy atom. The minimum atomic E-state index is -4.27. The van der Waals surface area contributed by atoms with Crippen LogP contribution in [0, 0.1) is 17.1 Å². The molecule has 0 unspecified atom stereocenters. The summed E-state index contributed by atoms with van der Waals surface area (Å²) in [5.74, 6) is -0.662. The molecule has 0 bridgehead atoms. The third-order valence-electron chi connectivity index (χ3n) is 5.62. The summed E-state index contributed by atoms with van der Waals surface area (Å²) in [6, 6.07) is 15.3. The quantitative estimate of drug-likeness (QED) is 0.451. The summed E-state index contributed by atoms with van der Waals surface area (Å²) in [6.07, 6.45) is 2.08. The van der Waals surface area contributed by atoms with Gasteiger partial charge in [0.1, 0.15) is 11.0 Å². The molecule has 3 heterocycles. The van der Waals surface area contributed by atoms with Gasteiger partial charge in [0.15, 0.2) is 11.5 Å². The Kier molecular flexibility index (Phi) is 5.61. The van der Waals surface area contributed by atoms with Crippen molar-refractivity contribution in [2.45, 2.75) is 4.90 Å². The topological polar surface area (TPSA) is 116 Å². The van der Waals surface area contributed by atoms with E-state index in [9.17, 15) is 18.1 Å². The number of aromatic nitrogens is 3. The number of halogens is 1. The lowest BCUT2D eigenvalue weighted by molar-refractivity contribution is 0.585. The van der Waals surface area contributed by atoms with Gasteiger partial charge in [0, 0.05) is 43.8 Å². The highest BCUT2D eigenvalue weighted by Gasteiger charge is 2.25. The number of piperazine rings is 1. The molecule has 0 aliphatic carbocycles. The van der Waals surface area contributed by atoms with Crippen LogP contribution in [0.1, 0.15) is 5.56 Å². The van der Waals surface area contributed by atoms with E-state index >= 15 is 0 Å². The fourth-order valence-electron chi connectivity index (χ4n) is 3.88. The number of rotatable bonds is 5. The van der Waals surface area contributed by atoms with Gasteiger partial charge in [-0.25, -0.2) is 21.8 Å². The van der Waals surface area contributed by atoms with Crippen molar-refractivity contribution in [2.24, 2.45) is 0 Å². The van der Waals surface area contributed by atoms with Gasteiger partial charge >= 0.3 is 0 Å². The molecule has 0 saturated carbocycles. The van der Waals surface area contributed by atoms with E-state index in [1.807, 2.05) is 30.3 Å². The lowest BCUT2D eigenvalue weighted by Gasteiger charge is -2.29. The van der Waals surface area contributed by atoms with Gasteiger partial charge in [-0.2, -0.15) is 10.2 Å². The summed E-state index contributed by atoms with van der Waals surface area (Å²) < 4.78 is 41.8. The molecule has 2 aromatic heterocycles. The van der Waals surface area contributed by atoms with Crippen LogP contribution in [-0.4, -0.2) is 48.5 Å². The molecule has 1 aliphatic rings. The van der Waals surface area contributed by atoms with Gasteiger partial charge < -0.3 is 15.5 Å². The van der Waals surface area contributed by atoms with Crippen LogP contribution >= 0.6 is 0 Å². The van der Waals surface area contributed by atoms with E-state index in [1.54, 1.807) is 6.07 Å². The summed E-state index contributed by atoms with van der Waals surface area (Å²) in [7, 11) is -4.27. The number of nitrogens with one attached hydrogen (secondary N) is 2. The third kappa shape index (κ3) is 3.93. The molecule has 2 N–H and O–H groups in total. The minimum Gasteiger partial charge on any atom is -0.369 e. The van der Waals surface area contributed by atoms with Crippen LogP contribution in [0.5, 0.6) is 0 Å². The summed E-state index contributed by atoms with van der Waals surface area (Å²) in [4.78, 5) is 10.5. The summed E-state index contributed by atoms with van der Waals surface area (Å²) in [5.41, 5.74) is 1.64. The van der Waals surface area contributed by atoms with Crippen LogP contribution in [0.2, 0.25) is 0 Å². The Morgan fingerprint density at radius 1 is 1.09 bits per heavy atom. The van der Waals surface area contributed by atoms with Gasteiger partial charge in [-0.1, -0.05) is 12.1 Å². The molecule has 9 nitrogen and oxygen atoms in total. The smallest absolute Gasteiger partial charge is 0.270 e. The molecule has 5 rings (SSSR count). The molecule has 0 amide bonds. The van der Waals surface area contributed by atoms with Crippen molar-refractivity contribution >= 4 is 38.4 Å². The van der Waals surface area contributed by atoms with Crippen LogP contribution in [-0.2, 0) is 10.0 Å². The number of benzene rings is 2. The van der Waals surface area contributed by atoms with E-state index in [2.05, 4.69) is 25.5 Å². The number of nitriles is 1. The molecule has 2 aromatic carbocycles. The van der Waals surface area contributed by atoms with Gasteiger partial charge in [-0.05, 0) is 36.4 Å². The van der Waals surface area contributed by atoms with Crippen LogP contribution in [0.25, 0.3) is 11.0 Å². The fourth-order valence-corrected chi connectivity index (χ4v) is 5.34. The highest BCUT2D eigenvalue weighted by atomic mass is 32.2. The maximum absolute atomic E-state index is 14.6. The third-order valence-corrected chi connectivity index (χ3v) is 7.32. The fraction of sp³-hybridized carbons (Fsp3) is 0.174. The van der Waals surface area contributed by atoms with Gasteiger partial charge in [0.25, 0.3) is 10.0 Å². The molecule has 1 fully saturated rings. The Labute approximate surface area is 195 Å². The zero-order valence-electron chi connectivity index (χ0n) is 17.9. The Balaban J connectivity index is 1.48. The lowest BCUT2D eigenvalue weighted by Crippen LogP contribution is -2.43. The van der Waals surface area contributed by atoms with Gasteiger partial charge in [-0.15, -0.1) is 0 Å². The number of fused-ring (bicyclic) bond motifs is 1. The van der Waals surface area contributed by atoms with Gasteiger partial charge in [0.05, 0.1) is 17.1 Å². The SMILES string of the molecule is N#Cc1ccccc1S(=O)(=O)n1cc(F)c2cnc(Nc3ccc(N4CCNCC4)cc3)nc21. The average Bonchev–Trinajstić information content (AvgIpc) is 3.21. The van der Waals surface area contributed by atoms with E-state index in [0.29, 0.717) is 5.69 Å². The second-order valence-electron chi connectivity index (χ2n) is 7.73. The van der Waals surface area contributed by atoms with E-state index in [4.69, 9.17) is 0 Å². The minimum absolute atomic E-state index is 0.0401. The molecule has 34 heavy (non-hydrogen) atoms. The van der Waals surface area contributed by atoms with E-state index in [-0.39, 0.29) is 27.4 Å². The highest BCUT2D eigenvalue weighted by molar-refractivity contribution is 7.90. The lowest BCUT2D eigenvalue weighted by atomic mass is 10.2. The second kappa shape index (κ2) is 8.74. The zero-order chi connectivity index (χ0) is 23.7. The van der Waals surface area contributed by atoms with Crippen LogP contribution in [0.4, 0.5) is 21.7 Å². The summed E-state index contributed by atoms with van der Waals surface area (Å²) >= 11 is 0. The Hall–Kier alpha value is -4.01. The second-order valence-corrected chi connectivity index (χ2v) is 9.51. The summed E-state index contributed by atoms with van der Waals surface area (Å²) in [6.45, 7) is 3.73. The van der Waals surface area contributed by atoms with Crippen LogP contribution in [0.3, 0.4) is 0 Å². The van der Waals surface area contributed by atoms with Crippen molar-refractivity contribution in [1.29, 1.82) is 5.26 Å². The van der Waals surface area contributed by atoms with Crippen molar-refractivity contribution in [2.75, 3.05) is 36.4 Å². The van der Waals surface area contributed by atoms with Gasteiger partial charge in [-0.3, -0.25) is 0 Å². The van der Waals surface area contributed by atoms with E-state index in [1.165, 1.54) is 24.4 Å². The van der Waals surface area contributed by atoms with Crippen molar-refractivity contribution in [3.8, 4) is 6.07 Å². The van der Waals surface area contributed by atoms with Crippen molar-refractivity contribution in [3.05, 3.63) is 72.3 Å². The maximum Gasteiger partial charge on any atom is 0.270 e. The molecule has 0 atom stereocenters. The molecule has 11 heteroatoms. The zero-order valence-corrected chi connectivity index (χ0v) is 18.8. The monoisotopic (exact) mass is 477 g/mol. The predicted molar refractivity (Wildman–Crippen MR) is 126 cm³/mol. The first kappa shape index (κ1) is 21.8. The first-order valence-corrected chi connectivity index (χ1v) is 12.0. The molecule has 1 saturated heterocycles. The first-order valence-electron chi connectivity index (χ1n) is 10.6. The van der Waals surface area contributed by atoms with Crippen molar-refractivity contribution in [1.82, 2.24) is 19.3 Å². The number of hydrogen-bond donors (Lipinski definition) is 2. The number of hydrogen-bond acceptors (Lipinski definition) is 8. The first-order chi connectivity index (χ1) is 16.5. The Morgan fingerprint density at radius 3 is 2.56 bits per heavy atom. The van der Waals surface area contributed by atoms with E-state index < -0.39 is 15.8 Å². The predicted octanol–water partition coefficient (Wildman–Crippen LogP) is 2.83. The molecule has 1 aliphatic heterocycles. The molecule has 4 aromatic rings. The standard InChI is InChI=1S/C23H20FN7O2S/c24-20-15-31(34(32,33)21-4-2-1-3-16(21)13-25)22-19(20)14-27-23(29-22)28-17-5-7-18(8-6-17)30-11-9-26-10-12-30/h1-8,14-15,26H,9-12H2,(H,27,28,29). The number of nitrogens with zero attached hydrogens (tertiary/aromatic N) is 5. The molecule has 0 radical (unpaired) electrons. The summed E-state index contributed by atoms with van der Waals surface area (Å²) in [5, 5.41) is 15.6. The van der Waals surface area contributed by atoms with Crippen LogP contribution in [0.15, 0.2) is 65.8 Å². The van der Waals surface area contributed by atoms with Crippen molar-refractivity contribution in [3.63, 3.8) is 0 Å². The largest absolute Gasteiger partial charge is 0.369 e. The average molecular weight is 478 g/mol. The maximum atomic E-state index is 14.6. The normalized spacial score (nSPS) is 14.2. The van der Waals surface area contributed by atoms with Gasteiger partial charge in [0.2, 0.25) is 5.95 Å². The molecular formula is C23H20FN7O2S. The van der Waals surface area contributed by atoms with Crippen LogP contribution < -0.4 is 15.5 Å². The van der Waals surface area contributed by atoms with E-state index in [0.717, 1.165) is 42.0 Å². The molecule has 172 valence electrons.